The molecule has 0 bridgehead atoms. The summed E-state index contributed by atoms with van der Waals surface area (Å²) in [7, 11) is 0. The number of nitrogen functional groups attached to an aromatic ring is 1. The Kier molecular flexibility index (Phi) is 2.57. The number of nitrogens with one attached hydrogen (secondary N) is 1. The van der Waals surface area contributed by atoms with Gasteiger partial charge in [0.25, 0.3) is 0 Å². The van der Waals surface area contributed by atoms with Gasteiger partial charge in [-0.05, 0) is 12.1 Å². The minimum Gasteiger partial charge on any atom is -0.384 e. The summed E-state index contributed by atoms with van der Waals surface area (Å²) in [5.74, 6) is -1.57. The van der Waals surface area contributed by atoms with Crippen LogP contribution >= 0.6 is 0 Å². The molecule has 0 amide bonds. The molecule has 0 saturated carbocycles. The Morgan fingerprint density at radius 1 is 1.31 bits per heavy atom. The molecule has 1 aromatic heterocycles. The van der Waals surface area contributed by atoms with Crippen LogP contribution in [0.4, 0.5) is 14.6 Å². The van der Waals surface area contributed by atoms with Crippen LogP contribution in [0.3, 0.4) is 0 Å². The van der Waals surface area contributed by atoms with Crippen molar-refractivity contribution in [3.63, 3.8) is 0 Å². The van der Waals surface area contributed by atoms with Crippen LogP contribution in [0.1, 0.15) is 17.2 Å². The number of rotatable bonds is 2. The number of benzene rings is 1. The van der Waals surface area contributed by atoms with Gasteiger partial charge in [-0.15, -0.1) is 0 Å². The summed E-state index contributed by atoms with van der Waals surface area (Å²) in [6, 6.07) is 3.36. The molecule has 0 spiro atoms. The molecule has 0 aliphatic carbocycles. The molecule has 16 heavy (non-hydrogen) atoms. The fourth-order valence-electron chi connectivity index (χ4n) is 1.45. The van der Waals surface area contributed by atoms with Crippen molar-refractivity contribution in [3.05, 3.63) is 47.2 Å². The highest BCUT2D eigenvalue weighted by Crippen LogP contribution is 2.28. The summed E-state index contributed by atoms with van der Waals surface area (Å²) in [6.07, 6.45) is -0.244. The van der Waals surface area contributed by atoms with E-state index in [1.807, 2.05) is 0 Å². The second-order valence-electron chi connectivity index (χ2n) is 3.28. The Bertz CT molecular complexity index is 492. The smallest absolute Gasteiger partial charge is 0.132 e. The molecule has 2 aromatic rings. The van der Waals surface area contributed by atoms with E-state index in [1.54, 1.807) is 0 Å². The molecule has 6 heteroatoms. The van der Waals surface area contributed by atoms with E-state index < -0.39 is 23.3 Å². The minimum atomic E-state index is -1.47. The quantitative estimate of drug-likeness (QED) is 0.722. The van der Waals surface area contributed by atoms with E-state index in [0.29, 0.717) is 0 Å². The van der Waals surface area contributed by atoms with Gasteiger partial charge in [0.15, 0.2) is 0 Å². The van der Waals surface area contributed by atoms with Crippen molar-refractivity contribution < 1.29 is 13.9 Å². The van der Waals surface area contributed by atoms with E-state index in [1.165, 1.54) is 12.3 Å². The summed E-state index contributed by atoms with van der Waals surface area (Å²) >= 11 is 0. The van der Waals surface area contributed by atoms with Crippen molar-refractivity contribution in [3.8, 4) is 0 Å². The van der Waals surface area contributed by atoms with Crippen LogP contribution in [0.25, 0.3) is 0 Å². The van der Waals surface area contributed by atoms with Crippen LogP contribution in [-0.2, 0) is 0 Å². The second-order valence-corrected chi connectivity index (χ2v) is 3.28. The maximum absolute atomic E-state index is 13.4. The lowest BCUT2D eigenvalue weighted by Crippen LogP contribution is -2.07. The standard InChI is InChI=1S/C10H9F2N3O/c11-6-2-1-3-7(12)8(6)9(16)5-4-14-15-10(5)13/h1-4,9,16H,(H3,13,14,15). The highest BCUT2D eigenvalue weighted by atomic mass is 19.1. The van der Waals surface area contributed by atoms with Crippen molar-refractivity contribution in [1.82, 2.24) is 10.2 Å². The second kappa shape index (κ2) is 3.90. The number of aromatic nitrogens is 2. The Balaban J connectivity index is 2.49. The van der Waals surface area contributed by atoms with E-state index in [2.05, 4.69) is 10.2 Å². The predicted molar refractivity (Wildman–Crippen MR) is 53.4 cm³/mol. The number of aliphatic hydroxyl groups excluding tert-OH is 1. The highest BCUT2D eigenvalue weighted by molar-refractivity contribution is 5.43. The lowest BCUT2D eigenvalue weighted by Gasteiger charge is -2.11. The lowest BCUT2D eigenvalue weighted by molar-refractivity contribution is 0.210. The molecule has 1 unspecified atom stereocenters. The maximum atomic E-state index is 13.4. The van der Waals surface area contributed by atoms with Crippen LogP contribution in [0.15, 0.2) is 24.4 Å². The van der Waals surface area contributed by atoms with Gasteiger partial charge in [0.1, 0.15) is 23.6 Å². The number of anilines is 1. The third-order valence-corrected chi connectivity index (χ3v) is 2.27. The van der Waals surface area contributed by atoms with E-state index in [9.17, 15) is 13.9 Å². The van der Waals surface area contributed by atoms with Gasteiger partial charge in [-0.1, -0.05) is 6.07 Å². The molecule has 0 saturated heterocycles. The Morgan fingerprint density at radius 3 is 2.44 bits per heavy atom. The Hall–Kier alpha value is -1.95. The first-order chi connectivity index (χ1) is 7.61. The molecule has 4 N–H and O–H groups in total. The molecule has 0 aliphatic rings. The molecular weight excluding hydrogens is 216 g/mol. The number of halogens is 2. The number of nitrogens with two attached hydrogens (primary N) is 1. The molecule has 1 aromatic carbocycles. The van der Waals surface area contributed by atoms with Gasteiger partial charge >= 0.3 is 0 Å². The third kappa shape index (κ3) is 1.63. The monoisotopic (exact) mass is 225 g/mol. The van der Waals surface area contributed by atoms with Crippen LogP contribution in [0.5, 0.6) is 0 Å². The average molecular weight is 225 g/mol. The fourth-order valence-corrected chi connectivity index (χ4v) is 1.45. The number of aliphatic hydroxyl groups is 1. The average Bonchev–Trinajstić information content (AvgIpc) is 2.64. The molecule has 84 valence electrons. The van der Waals surface area contributed by atoms with Gasteiger partial charge in [-0.3, -0.25) is 5.10 Å². The van der Waals surface area contributed by atoms with E-state index in [4.69, 9.17) is 5.73 Å². The zero-order valence-electron chi connectivity index (χ0n) is 8.11. The first kappa shape index (κ1) is 10.6. The largest absolute Gasteiger partial charge is 0.384 e. The SMILES string of the molecule is Nc1[nH]ncc1C(O)c1c(F)cccc1F. The molecule has 0 aliphatic heterocycles. The number of hydrogen-bond donors (Lipinski definition) is 3. The molecule has 2 rings (SSSR count). The summed E-state index contributed by atoms with van der Waals surface area (Å²) in [6.45, 7) is 0. The molecular formula is C10H9F2N3O. The first-order valence-electron chi connectivity index (χ1n) is 4.52. The zero-order valence-corrected chi connectivity index (χ0v) is 8.11. The topological polar surface area (TPSA) is 74.9 Å². The summed E-state index contributed by atoms with van der Waals surface area (Å²) in [5.41, 5.74) is 5.16. The van der Waals surface area contributed by atoms with Crippen molar-refractivity contribution in [2.45, 2.75) is 6.10 Å². The van der Waals surface area contributed by atoms with Crippen LogP contribution < -0.4 is 5.73 Å². The van der Waals surface area contributed by atoms with Crippen LogP contribution in [-0.4, -0.2) is 15.3 Å². The zero-order chi connectivity index (χ0) is 11.7. The normalized spacial score (nSPS) is 12.7. The summed E-state index contributed by atoms with van der Waals surface area (Å²) in [5, 5.41) is 15.8. The van der Waals surface area contributed by atoms with Crippen molar-refractivity contribution >= 4 is 5.82 Å². The van der Waals surface area contributed by atoms with Gasteiger partial charge in [0.05, 0.1) is 11.8 Å². The molecule has 0 fully saturated rings. The number of nitrogens with zero attached hydrogens (tertiary/aromatic N) is 1. The lowest BCUT2D eigenvalue weighted by atomic mass is 10.0. The van der Waals surface area contributed by atoms with Gasteiger partial charge in [0, 0.05) is 5.56 Å². The van der Waals surface area contributed by atoms with Gasteiger partial charge in [0.2, 0.25) is 0 Å². The van der Waals surface area contributed by atoms with Gasteiger partial charge in [-0.25, -0.2) is 8.78 Å². The van der Waals surface area contributed by atoms with Gasteiger partial charge in [-0.2, -0.15) is 5.10 Å². The molecule has 1 atom stereocenters. The molecule has 4 nitrogen and oxygen atoms in total. The first-order valence-corrected chi connectivity index (χ1v) is 4.52. The highest BCUT2D eigenvalue weighted by Gasteiger charge is 2.22. The van der Waals surface area contributed by atoms with Crippen molar-refractivity contribution in [1.29, 1.82) is 0 Å². The van der Waals surface area contributed by atoms with E-state index in [-0.39, 0.29) is 11.4 Å². The maximum Gasteiger partial charge on any atom is 0.132 e. The summed E-state index contributed by atoms with van der Waals surface area (Å²) in [4.78, 5) is 0. The Morgan fingerprint density at radius 2 is 1.94 bits per heavy atom. The molecule has 0 radical (unpaired) electrons. The predicted octanol–water partition coefficient (Wildman–Crippen LogP) is 1.35. The Labute approximate surface area is 89.7 Å². The van der Waals surface area contributed by atoms with E-state index in [0.717, 1.165) is 12.1 Å². The van der Waals surface area contributed by atoms with Crippen molar-refractivity contribution in [2.24, 2.45) is 0 Å². The van der Waals surface area contributed by atoms with Crippen LogP contribution in [0.2, 0.25) is 0 Å². The number of hydrogen-bond acceptors (Lipinski definition) is 3. The minimum absolute atomic E-state index is 0.0788. The van der Waals surface area contributed by atoms with Crippen LogP contribution in [0, 0.1) is 11.6 Å². The van der Waals surface area contributed by atoms with E-state index >= 15 is 0 Å². The summed E-state index contributed by atoms with van der Waals surface area (Å²) < 4.78 is 26.7. The van der Waals surface area contributed by atoms with Gasteiger partial charge < -0.3 is 10.8 Å². The number of H-pyrrole nitrogens is 1. The third-order valence-electron chi connectivity index (χ3n) is 2.27. The molecule has 1 heterocycles. The number of aromatic amines is 1. The fraction of sp³-hybridized carbons (Fsp3) is 0.100. The van der Waals surface area contributed by atoms with Crippen molar-refractivity contribution in [2.75, 3.05) is 5.73 Å².